The van der Waals surface area contributed by atoms with Gasteiger partial charge in [-0.1, -0.05) is 0 Å². The molecular weight excluding hydrogens is 224 g/mol. The van der Waals surface area contributed by atoms with Crippen molar-refractivity contribution in [2.75, 3.05) is 13.1 Å². The van der Waals surface area contributed by atoms with Gasteiger partial charge in [-0.15, -0.1) is 0 Å². The number of hydrogen-bond donors (Lipinski definition) is 1. The summed E-state index contributed by atoms with van der Waals surface area (Å²) in [4.78, 5) is 16.9. The molecule has 1 saturated heterocycles. The van der Waals surface area contributed by atoms with Gasteiger partial charge in [-0.25, -0.2) is 0 Å². The SMILES string of the molecule is Cc1ccnc(C)c1C(=O)C1CC2CNCC2C1. The van der Waals surface area contributed by atoms with Crippen LogP contribution in [0.25, 0.3) is 0 Å². The fourth-order valence-electron chi connectivity index (χ4n) is 3.65. The molecule has 2 heterocycles. The number of Topliss-reactive ketones (excluding diaryl/α,β-unsaturated/α-hetero) is 1. The van der Waals surface area contributed by atoms with Crippen molar-refractivity contribution in [3.05, 3.63) is 29.1 Å². The summed E-state index contributed by atoms with van der Waals surface area (Å²) in [6, 6.07) is 1.94. The summed E-state index contributed by atoms with van der Waals surface area (Å²) < 4.78 is 0. The molecule has 3 rings (SSSR count). The highest BCUT2D eigenvalue weighted by Gasteiger charge is 2.40. The number of rotatable bonds is 2. The Morgan fingerprint density at radius 3 is 2.56 bits per heavy atom. The van der Waals surface area contributed by atoms with Crippen LogP contribution in [0.15, 0.2) is 12.3 Å². The molecule has 0 aromatic carbocycles. The van der Waals surface area contributed by atoms with Crippen LogP contribution >= 0.6 is 0 Å². The second-order valence-corrected chi connectivity index (χ2v) is 5.80. The smallest absolute Gasteiger partial charge is 0.168 e. The van der Waals surface area contributed by atoms with Crippen LogP contribution in [0.1, 0.15) is 34.5 Å². The summed E-state index contributed by atoms with van der Waals surface area (Å²) in [5.74, 6) is 1.99. The van der Waals surface area contributed by atoms with E-state index in [4.69, 9.17) is 0 Å². The molecule has 0 spiro atoms. The zero-order valence-electron chi connectivity index (χ0n) is 11.1. The zero-order chi connectivity index (χ0) is 12.7. The van der Waals surface area contributed by atoms with E-state index in [1.54, 1.807) is 6.20 Å². The molecule has 96 valence electrons. The van der Waals surface area contributed by atoms with Gasteiger partial charge in [-0.05, 0) is 63.2 Å². The van der Waals surface area contributed by atoms with Crippen molar-refractivity contribution in [3.63, 3.8) is 0 Å². The molecular formula is C15H20N2O. The van der Waals surface area contributed by atoms with Gasteiger partial charge in [0.05, 0.1) is 0 Å². The number of fused-ring (bicyclic) bond motifs is 1. The lowest BCUT2D eigenvalue weighted by atomic mass is 9.91. The average molecular weight is 244 g/mol. The van der Waals surface area contributed by atoms with Crippen molar-refractivity contribution in [1.29, 1.82) is 0 Å². The summed E-state index contributed by atoms with van der Waals surface area (Å²) in [5, 5.41) is 3.42. The number of pyridine rings is 1. The Kier molecular flexibility index (Phi) is 2.94. The van der Waals surface area contributed by atoms with Gasteiger partial charge in [-0.2, -0.15) is 0 Å². The minimum absolute atomic E-state index is 0.226. The average Bonchev–Trinajstić information content (AvgIpc) is 2.88. The van der Waals surface area contributed by atoms with Crippen LogP contribution < -0.4 is 5.32 Å². The third-order valence-electron chi connectivity index (χ3n) is 4.62. The lowest BCUT2D eigenvalue weighted by Gasteiger charge is -2.13. The van der Waals surface area contributed by atoms with E-state index in [-0.39, 0.29) is 5.92 Å². The Morgan fingerprint density at radius 2 is 1.94 bits per heavy atom. The molecule has 3 heteroatoms. The Morgan fingerprint density at radius 1 is 1.28 bits per heavy atom. The van der Waals surface area contributed by atoms with Gasteiger partial charge in [0.15, 0.2) is 5.78 Å². The molecule has 1 N–H and O–H groups in total. The standard InChI is InChI=1S/C15H20N2O/c1-9-3-4-17-10(2)14(9)15(18)11-5-12-7-16-8-13(12)6-11/h3-4,11-13,16H,5-8H2,1-2H3. The minimum Gasteiger partial charge on any atom is -0.316 e. The molecule has 1 aliphatic heterocycles. The number of ketones is 1. The van der Waals surface area contributed by atoms with Crippen molar-refractivity contribution < 1.29 is 4.79 Å². The molecule has 18 heavy (non-hydrogen) atoms. The molecule has 1 aliphatic carbocycles. The first-order chi connectivity index (χ1) is 8.66. The molecule has 0 radical (unpaired) electrons. The van der Waals surface area contributed by atoms with Gasteiger partial charge in [-0.3, -0.25) is 9.78 Å². The van der Waals surface area contributed by atoms with Crippen LogP contribution in [0.4, 0.5) is 0 Å². The van der Waals surface area contributed by atoms with E-state index in [0.717, 1.165) is 54.6 Å². The van der Waals surface area contributed by atoms with Gasteiger partial charge in [0.25, 0.3) is 0 Å². The second-order valence-electron chi connectivity index (χ2n) is 5.80. The van der Waals surface area contributed by atoms with E-state index in [1.807, 2.05) is 19.9 Å². The van der Waals surface area contributed by atoms with E-state index in [2.05, 4.69) is 10.3 Å². The number of aryl methyl sites for hydroxylation is 2. The van der Waals surface area contributed by atoms with E-state index in [1.165, 1.54) is 0 Å². The third kappa shape index (κ3) is 1.87. The van der Waals surface area contributed by atoms with Crippen LogP contribution in [-0.4, -0.2) is 23.9 Å². The van der Waals surface area contributed by atoms with Crippen LogP contribution in [0, 0.1) is 31.6 Å². The molecule has 3 nitrogen and oxygen atoms in total. The summed E-state index contributed by atoms with van der Waals surface area (Å²) >= 11 is 0. The fourth-order valence-corrected chi connectivity index (χ4v) is 3.65. The number of nitrogens with zero attached hydrogens (tertiary/aromatic N) is 1. The highest BCUT2D eigenvalue weighted by molar-refractivity contribution is 6.00. The normalized spacial score (nSPS) is 30.4. The Bertz CT molecular complexity index is 451. The number of hydrogen-bond acceptors (Lipinski definition) is 3. The molecule has 1 saturated carbocycles. The lowest BCUT2D eigenvalue weighted by Crippen LogP contribution is -2.19. The molecule has 2 unspecified atom stereocenters. The number of carbonyl (C=O) groups is 1. The van der Waals surface area contributed by atoms with Crippen LogP contribution in [-0.2, 0) is 0 Å². The largest absolute Gasteiger partial charge is 0.316 e. The zero-order valence-corrected chi connectivity index (χ0v) is 11.1. The van der Waals surface area contributed by atoms with E-state index >= 15 is 0 Å². The monoisotopic (exact) mass is 244 g/mol. The fraction of sp³-hybridized carbons (Fsp3) is 0.600. The first-order valence-electron chi connectivity index (χ1n) is 6.84. The minimum atomic E-state index is 0.226. The highest BCUT2D eigenvalue weighted by Crippen LogP contribution is 2.40. The highest BCUT2D eigenvalue weighted by atomic mass is 16.1. The second kappa shape index (κ2) is 4.47. The van der Waals surface area contributed by atoms with Crippen molar-refractivity contribution in [3.8, 4) is 0 Å². The van der Waals surface area contributed by atoms with Gasteiger partial charge in [0, 0.05) is 23.4 Å². The van der Waals surface area contributed by atoms with Gasteiger partial charge in [0.1, 0.15) is 0 Å². The topological polar surface area (TPSA) is 42.0 Å². The van der Waals surface area contributed by atoms with Crippen molar-refractivity contribution in [1.82, 2.24) is 10.3 Å². The maximum Gasteiger partial charge on any atom is 0.168 e. The summed E-state index contributed by atoms with van der Waals surface area (Å²) in [7, 11) is 0. The van der Waals surface area contributed by atoms with E-state index in [0.29, 0.717) is 5.78 Å². The number of nitrogens with one attached hydrogen (secondary N) is 1. The molecule has 1 aromatic rings. The van der Waals surface area contributed by atoms with E-state index < -0.39 is 0 Å². The van der Waals surface area contributed by atoms with Gasteiger partial charge >= 0.3 is 0 Å². The van der Waals surface area contributed by atoms with Crippen molar-refractivity contribution in [2.45, 2.75) is 26.7 Å². The summed E-state index contributed by atoms with van der Waals surface area (Å²) in [6.45, 7) is 6.15. The Labute approximate surface area is 108 Å². The number of carbonyl (C=O) groups excluding carboxylic acids is 1. The number of aromatic nitrogens is 1. The Balaban J connectivity index is 1.83. The predicted octanol–water partition coefficient (Wildman–Crippen LogP) is 2.13. The summed E-state index contributed by atoms with van der Waals surface area (Å²) in [5.41, 5.74) is 2.83. The predicted molar refractivity (Wildman–Crippen MR) is 70.6 cm³/mol. The molecule has 2 fully saturated rings. The molecule has 2 aliphatic rings. The van der Waals surface area contributed by atoms with E-state index in [9.17, 15) is 4.79 Å². The maximum atomic E-state index is 12.7. The Hall–Kier alpha value is -1.22. The molecule has 1 aromatic heterocycles. The first-order valence-corrected chi connectivity index (χ1v) is 6.84. The summed E-state index contributed by atoms with van der Waals surface area (Å²) in [6.07, 6.45) is 3.91. The molecule has 2 atom stereocenters. The molecule has 0 bridgehead atoms. The molecule has 0 amide bonds. The van der Waals surface area contributed by atoms with Crippen LogP contribution in [0.2, 0.25) is 0 Å². The van der Waals surface area contributed by atoms with Crippen molar-refractivity contribution in [2.24, 2.45) is 17.8 Å². The quantitative estimate of drug-likeness (QED) is 0.810. The maximum absolute atomic E-state index is 12.7. The van der Waals surface area contributed by atoms with Crippen LogP contribution in [0.3, 0.4) is 0 Å². The van der Waals surface area contributed by atoms with Crippen molar-refractivity contribution >= 4 is 5.78 Å². The first kappa shape index (κ1) is 11.8. The third-order valence-corrected chi connectivity index (χ3v) is 4.62. The van der Waals surface area contributed by atoms with Gasteiger partial charge < -0.3 is 5.32 Å². The van der Waals surface area contributed by atoms with Gasteiger partial charge in [0.2, 0.25) is 0 Å². The lowest BCUT2D eigenvalue weighted by molar-refractivity contribution is 0.0915. The van der Waals surface area contributed by atoms with Crippen LogP contribution in [0.5, 0.6) is 0 Å².